The first-order chi connectivity index (χ1) is 13.3. The number of aliphatic hydroxyl groups excluding tert-OH is 3. The number of hydrogen-bond donors (Lipinski definition) is 4. The molecule has 2 aromatic rings. The lowest BCUT2D eigenvalue weighted by atomic mass is 9.95. The molecule has 0 aliphatic carbocycles. The molecule has 4 N–H and O–H groups in total. The summed E-state index contributed by atoms with van der Waals surface area (Å²) in [6.07, 6.45) is -2.16. The molecule has 1 aliphatic rings. The van der Waals surface area contributed by atoms with Crippen molar-refractivity contribution >= 4 is 11.0 Å². The molecule has 0 amide bonds. The molecule has 152 valence electrons. The van der Waals surface area contributed by atoms with Gasteiger partial charge in [-0.25, -0.2) is 4.79 Å². The number of rotatable bonds is 5. The number of hydrogen-bond acceptors (Lipinski definition) is 8. The fourth-order valence-corrected chi connectivity index (χ4v) is 3.14. The van der Waals surface area contributed by atoms with E-state index in [0.29, 0.717) is 23.0 Å². The van der Waals surface area contributed by atoms with E-state index in [0.717, 1.165) is 5.57 Å². The molecule has 1 fully saturated rings. The quantitative estimate of drug-likeness (QED) is 0.329. The standard InChI is InChI=1S/C20H24O8/c1-11(2)3-6-13-15(7-4-12-5-8-17(23)27-18(12)13)28-20(25)16(9-21)26-10-14(22)19(20)24/h3-5,7-8,14,16,19,21-22,24-25H,6,9-10H2,1-2H3/t14-,16+,19+,20+/m0/s1. The van der Waals surface area contributed by atoms with Crippen molar-refractivity contribution in [3.8, 4) is 5.75 Å². The van der Waals surface area contributed by atoms with E-state index >= 15 is 0 Å². The second-order valence-corrected chi connectivity index (χ2v) is 7.07. The van der Waals surface area contributed by atoms with Gasteiger partial charge in [-0.15, -0.1) is 0 Å². The lowest BCUT2D eigenvalue weighted by Crippen LogP contribution is -2.67. The fourth-order valence-electron chi connectivity index (χ4n) is 3.14. The molecule has 0 saturated carbocycles. The Labute approximate surface area is 161 Å². The highest BCUT2D eigenvalue weighted by Crippen LogP contribution is 2.35. The number of aliphatic hydroxyl groups is 4. The third-order valence-electron chi connectivity index (χ3n) is 4.72. The summed E-state index contributed by atoms with van der Waals surface area (Å²) in [6, 6.07) is 6.13. The Morgan fingerprint density at radius 3 is 2.68 bits per heavy atom. The van der Waals surface area contributed by atoms with Gasteiger partial charge in [-0.2, -0.15) is 0 Å². The van der Waals surface area contributed by atoms with Gasteiger partial charge in [-0.05, 0) is 38.5 Å². The number of fused-ring (bicyclic) bond motifs is 1. The Bertz CT molecular complexity index is 925. The van der Waals surface area contributed by atoms with E-state index in [1.165, 1.54) is 6.07 Å². The monoisotopic (exact) mass is 392 g/mol. The van der Waals surface area contributed by atoms with E-state index in [1.54, 1.807) is 18.2 Å². The van der Waals surface area contributed by atoms with E-state index in [4.69, 9.17) is 13.9 Å². The smallest absolute Gasteiger partial charge is 0.336 e. The normalized spacial score (nSPS) is 27.6. The third-order valence-corrected chi connectivity index (χ3v) is 4.72. The molecule has 0 spiro atoms. The van der Waals surface area contributed by atoms with Crippen LogP contribution >= 0.6 is 0 Å². The Balaban J connectivity index is 2.12. The van der Waals surface area contributed by atoms with Crippen molar-refractivity contribution in [1.29, 1.82) is 0 Å². The zero-order valence-electron chi connectivity index (χ0n) is 15.7. The van der Waals surface area contributed by atoms with Crippen LogP contribution in [0.4, 0.5) is 0 Å². The molecule has 0 unspecified atom stereocenters. The maximum Gasteiger partial charge on any atom is 0.336 e. The van der Waals surface area contributed by atoms with Crippen molar-refractivity contribution < 1.29 is 34.3 Å². The summed E-state index contributed by atoms with van der Waals surface area (Å²) in [5, 5.41) is 41.3. The van der Waals surface area contributed by atoms with E-state index < -0.39 is 36.3 Å². The second kappa shape index (κ2) is 8.02. The van der Waals surface area contributed by atoms with Gasteiger partial charge in [-0.3, -0.25) is 0 Å². The molecular weight excluding hydrogens is 368 g/mol. The van der Waals surface area contributed by atoms with E-state index in [9.17, 15) is 25.2 Å². The number of ether oxygens (including phenoxy) is 2. The first kappa shape index (κ1) is 20.5. The maximum atomic E-state index is 11.7. The van der Waals surface area contributed by atoms with Gasteiger partial charge in [0.1, 0.15) is 29.6 Å². The van der Waals surface area contributed by atoms with Crippen LogP contribution in [0.3, 0.4) is 0 Å². The molecule has 2 heterocycles. The molecular formula is C20H24O8. The lowest BCUT2D eigenvalue weighted by molar-refractivity contribution is -0.323. The Kier molecular flexibility index (Phi) is 5.87. The Morgan fingerprint density at radius 1 is 1.29 bits per heavy atom. The zero-order valence-corrected chi connectivity index (χ0v) is 15.7. The molecule has 1 aromatic heterocycles. The van der Waals surface area contributed by atoms with Crippen molar-refractivity contribution in [3.63, 3.8) is 0 Å². The summed E-state index contributed by atoms with van der Waals surface area (Å²) >= 11 is 0. The number of allylic oxidation sites excluding steroid dienone is 2. The number of benzene rings is 1. The van der Waals surface area contributed by atoms with Crippen molar-refractivity contribution in [2.45, 2.75) is 44.4 Å². The van der Waals surface area contributed by atoms with Gasteiger partial charge in [0.25, 0.3) is 5.79 Å². The molecule has 1 saturated heterocycles. The summed E-state index contributed by atoms with van der Waals surface area (Å²) < 4.78 is 16.3. The van der Waals surface area contributed by atoms with Crippen LogP contribution < -0.4 is 10.4 Å². The van der Waals surface area contributed by atoms with Crippen LogP contribution in [0.1, 0.15) is 19.4 Å². The highest BCUT2D eigenvalue weighted by molar-refractivity contribution is 5.82. The Hall–Kier alpha value is -2.23. The van der Waals surface area contributed by atoms with Crippen molar-refractivity contribution in [1.82, 2.24) is 0 Å². The second-order valence-electron chi connectivity index (χ2n) is 7.07. The summed E-state index contributed by atoms with van der Waals surface area (Å²) in [5.41, 5.74) is 1.25. The predicted molar refractivity (Wildman–Crippen MR) is 100 cm³/mol. The molecule has 0 radical (unpaired) electrons. The van der Waals surface area contributed by atoms with E-state index in [1.807, 2.05) is 19.9 Å². The van der Waals surface area contributed by atoms with Crippen LogP contribution in [0.5, 0.6) is 5.75 Å². The lowest BCUT2D eigenvalue weighted by Gasteiger charge is -2.44. The molecule has 8 nitrogen and oxygen atoms in total. The summed E-state index contributed by atoms with van der Waals surface area (Å²) in [5.74, 6) is -2.26. The van der Waals surface area contributed by atoms with Gasteiger partial charge in [0.2, 0.25) is 0 Å². The minimum absolute atomic E-state index is 0.136. The van der Waals surface area contributed by atoms with Crippen molar-refractivity contribution in [3.05, 3.63) is 51.9 Å². The SMILES string of the molecule is CC(C)=CCc1c(O[C@@]2(O)[C@H](O)[C@@H](O)CO[C@@H]2CO)ccc2ccc(=O)oc12. The minimum Gasteiger partial charge on any atom is -0.456 e. The van der Waals surface area contributed by atoms with Crippen LogP contribution in [0, 0.1) is 0 Å². The maximum absolute atomic E-state index is 11.7. The molecule has 0 bridgehead atoms. The third kappa shape index (κ3) is 3.82. The first-order valence-electron chi connectivity index (χ1n) is 8.95. The Morgan fingerprint density at radius 2 is 2.00 bits per heavy atom. The minimum atomic E-state index is -2.39. The highest BCUT2D eigenvalue weighted by Gasteiger charge is 2.53. The summed E-state index contributed by atoms with van der Waals surface area (Å²) in [7, 11) is 0. The summed E-state index contributed by atoms with van der Waals surface area (Å²) in [4.78, 5) is 11.7. The molecule has 3 rings (SSSR count). The van der Waals surface area contributed by atoms with Crippen LogP contribution in [-0.2, 0) is 11.2 Å². The van der Waals surface area contributed by atoms with Crippen LogP contribution in [0.2, 0.25) is 0 Å². The predicted octanol–water partition coefficient (Wildman–Crippen LogP) is 0.482. The zero-order chi connectivity index (χ0) is 20.5. The highest BCUT2D eigenvalue weighted by atomic mass is 16.7. The molecule has 8 heteroatoms. The molecule has 1 aliphatic heterocycles. The average Bonchev–Trinajstić information content (AvgIpc) is 2.65. The van der Waals surface area contributed by atoms with Crippen LogP contribution in [0.25, 0.3) is 11.0 Å². The van der Waals surface area contributed by atoms with E-state index in [-0.39, 0.29) is 12.4 Å². The van der Waals surface area contributed by atoms with Gasteiger partial charge < -0.3 is 34.3 Å². The van der Waals surface area contributed by atoms with Gasteiger partial charge in [0.15, 0.2) is 0 Å². The van der Waals surface area contributed by atoms with Crippen molar-refractivity contribution in [2.75, 3.05) is 13.2 Å². The fraction of sp³-hybridized carbons (Fsp3) is 0.450. The van der Waals surface area contributed by atoms with Gasteiger partial charge in [0, 0.05) is 17.0 Å². The average molecular weight is 392 g/mol. The first-order valence-corrected chi connectivity index (χ1v) is 8.95. The van der Waals surface area contributed by atoms with Crippen LogP contribution in [-0.4, -0.2) is 57.7 Å². The largest absolute Gasteiger partial charge is 0.456 e. The molecule has 1 aromatic carbocycles. The summed E-state index contributed by atoms with van der Waals surface area (Å²) in [6.45, 7) is 2.93. The molecule has 28 heavy (non-hydrogen) atoms. The van der Waals surface area contributed by atoms with Crippen molar-refractivity contribution in [2.24, 2.45) is 0 Å². The van der Waals surface area contributed by atoms with Crippen LogP contribution in [0.15, 0.2) is 45.1 Å². The van der Waals surface area contributed by atoms with Gasteiger partial charge in [0.05, 0.1) is 13.2 Å². The van der Waals surface area contributed by atoms with E-state index in [2.05, 4.69) is 0 Å². The molecule has 4 atom stereocenters. The topological polar surface area (TPSA) is 130 Å². The van der Waals surface area contributed by atoms with Gasteiger partial charge >= 0.3 is 5.63 Å². The van der Waals surface area contributed by atoms with Gasteiger partial charge in [-0.1, -0.05) is 11.6 Å².